The molecule has 0 aliphatic rings. The number of hydrogen-bond acceptors (Lipinski definition) is 4. The molecule has 6 nitrogen and oxygen atoms in total. The van der Waals surface area contributed by atoms with Crippen LogP contribution in [-0.4, -0.2) is 37.0 Å². The van der Waals surface area contributed by atoms with Crippen LogP contribution in [0, 0.1) is 11.7 Å². The van der Waals surface area contributed by atoms with Gasteiger partial charge in [0.1, 0.15) is 17.9 Å². The zero-order valence-electron chi connectivity index (χ0n) is 15.0. The first-order valence-electron chi connectivity index (χ1n) is 8.12. The van der Waals surface area contributed by atoms with Crippen LogP contribution in [-0.2, 0) is 25.5 Å². The molecule has 0 radical (unpaired) electrons. The van der Waals surface area contributed by atoms with Gasteiger partial charge in [-0.3, -0.25) is 9.59 Å². The maximum atomic E-state index is 13.3. The molecule has 2 atom stereocenters. The Hall–Kier alpha value is -2.44. The molecule has 0 aliphatic carbocycles. The number of benzene rings is 1. The van der Waals surface area contributed by atoms with E-state index in [1.54, 1.807) is 6.07 Å². The third kappa shape index (κ3) is 7.32. The third-order valence-corrected chi connectivity index (χ3v) is 3.53. The van der Waals surface area contributed by atoms with E-state index in [4.69, 9.17) is 4.74 Å². The second-order valence-corrected chi connectivity index (χ2v) is 6.30. The van der Waals surface area contributed by atoms with Crippen LogP contribution < -0.4 is 10.6 Å². The van der Waals surface area contributed by atoms with Crippen LogP contribution in [0.1, 0.15) is 32.8 Å². The number of amides is 2. The number of carbonyl (C=O) groups is 3. The largest absolute Gasteiger partial charge is 0.467 e. The molecule has 0 aromatic heterocycles. The summed E-state index contributed by atoms with van der Waals surface area (Å²) in [6.07, 6.45) is 0.518. The molecular weight excluding hydrogens is 327 g/mol. The van der Waals surface area contributed by atoms with Crippen molar-refractivity contribution in [3.63, 3.8) is 0 Å². The van der Waals surface area contributed by atoms with Crippen molar-refractivity contribution < 1.29 is 23.5 Å². The van der Waals surface area contributed by atoms with Crippen molar-refractivity contribution in [1.82, 2.24) is 10.6 Å². The van der Waals surface area contributed by atoms with Gasteiger partial charge in [-0.05, 0) is 30.0 Å². The number of ether oxygens (including phenoxy) is 1. The average Bonchev–Trinajstić information content (AvgIpc) is 2.52. The molecular formula is C18H25FN2O4. The zero-order valence-corrected chi connectivity index (χ0v) is 15.0. The number of rotatable bonds is 8. The van der Waals surface area contributed by atoms with Crippen LogP contribution in [0.15, 0.2) is 24.3 Å². The van der Waals surface area contributed by atoms with Gasteiger partial charge in [0.15, 0.2) is 0 Å². The van der Waals surface area contributed by atoms with Crippen LogP contribution in [0.4, 0.5) is 4.39 Å². The Morgan fingerprint density at radius 1 is 1.16 bits per heavy atom. The van der Waals surface area contributed by atoms with E-state index in [0.29, 0.717) is 12.0 Å². The highest BCUT2D eigenvalue weighted by atomic mass is 19.1. The van der Waals surface area contributed by atoms with Gasteiger partial charge in [-0.2, -0.15) is 0 Å². The minimum absolute atomic E-state index is 0.110. The summed E-state index contributed by atoms with van der Waals surface area (Å²) in [6, 6.07) is 4.07. The molecule has 138 valence electrons. The summed E-state index contributed by atoms with van der Waals surface area (Å²) >= 11 is 0. The Labute approximate surface area is 147 Å². The number of esters is 1. The predicted octanol–water partition coefficient (Wildman–Crippen LogP) is 1.58. The van der Waals surface area contributed by atoms with Gasteiger partial charge in [0.2, 0.25) is 11.8 Å². The van der Waals surface area contributed by atoms with Gasteiger partial charge in [0, 0.05) is 13.3 Å². The minimum atomic E-state index is -0.918. The first kappa shape index (κ1) is 20.6. The highest BCUT2D eigenvalue weighted by molar-refractivity contribution is 5.90. The van der Waals surface area contributed by atoms with Crippen molar-refractivity contribution in [2.45, 2.75) is 45.7 Å². The number of halogens is 1. The van der Waals surface area contributed by atoms with Gasteiger partial charge < -0.3 is 15.4 Å². The van der Waals surface area contributed by atoms with Gasteiger partial charge in [-0.1, -0.05) is 26.0 Å². The second-order valence-electron chi connectivity index (χ2n) is 6.30. The van der Waals surface area contributed by atoms with E-state index in [2.05, 4.69) is 10.6 Å². The van der Waals surface area contributed by atoms with Crippen LogP contribution in [0.5, 0.6) is 0 Å². The SMILES string of the molecule is COC(=O)[C@@H](CC(C)C)NC(=O)[C@@H](Cc1cccc(F)c1)NC(C)=O. The van der Waals surface area contributed by atoms with E-state index in [0.717, 1.165) is 0 Å². The predicted molar refractivity (Wildman–Crippen MR) is 91.1 cm³/mol. The molecule has 1 aromatic rings. The highest BCUT2D eigenvalue weighted by Gasteiger charge is 2.27. The molecule has 2 N–H and O–H groups in total. The van der Waals surface area contributed by atoms with Gasteiger partial charge in [0.25, 0.3) is 0 Å². The summed E-state index contributed by atoms with van der Waals surface area (Å²) in [6.45, 7) is 5.12. The summed E-state index contributed by atoms with van der Waals surface area (Å²) in [5, 5.41) is 5.16. The van der Waals surface area contributed by atoms with Crippen LogP contribution in [0.2, 0.25) is 0 Å². The van der Waals surface area contributed by atoms with Gasteiger partial charge in [0.05, 0.1) is 7.11 Å². The first-order chi connectivity index (χ1) is 11.7. The first-order valence-corrected chi connectivity index (χ1v) is 8.12. The lowest BCUT2D eigenvalue weighted by atomic mass is 10.0. The zero-order chi connectivity index (χ0) is 19.0. The lowest BCUT2D eigenvalue weighted by molar-refractivity contribution is -0.145. The van der Waals surface area contributed by atoms with Gasteiger partial charge in [-0.15, -0.1) is 0 Å². The fraction of sp³-hybridized carbons (Fsp3) is 0.500. The Morgan fingerprint density at radius 2 is 1.84 bits per heavy atom. The van der Waals surface area contributed by atoms with Crippen molar-refractivity contribution in [1.29, 1.82) is 0 Å². The number of nitrogens with one attached hydrogen (secondary N) is 2. The summed E-state index contributed by atoms with van der Waals surface area (Å²) < 4.78 is 18.1. The molecule has 0 heterocycles. The summed E-state index contributed by atoms with van der Waals surface area (Å²) in [5.41, 5.74) is 0.562. The average molecular weight is 352 g/mol. The Kier molecular flexibility index (Phi) is 8.04. The van der Waals surface area contributed by atoms with E-state index < -0.39 is 35.7 Å². The number of carbonyl (C=O) groups excluding carboxylic acids is 3. The summed E-state index contributed by atoms with van der Waals surface area (Å²) in [4.78, 5) is 35.8. The maximum Gasteiger partial charge on any atom is 0.328 e. The normalized spacial score (nSPS) is 13.0. The molecule has 0 unspecified atom stereocenters. The fourth-order valence-corrected chi connectivity index (χ4v) is 2.45. The van der Waals surface area contributed by atoms with Gasteiger partial charge >= 0.3 is 5.97 Å². The Bertz CT molecular complexity index is 619. The summed E-state index contributed by atoms with van der Waals surface area (Å²) in [5.74, 6) is -1.72. The molecule has 1 rings (SSSR count). The minimum Gasteiger partial charge on any atom is -0.467 e. The van der Waals surface area contributed by atoms with Crippen LogP contribution >= 0.6 is 0 Å². The topological polar surface area (TPSA) is 84.5 Å². The highest BCUT2D eigenvalue weighted by Crippen LogP contribution is 2.10. The molecule has 0 fully saturated rings. The second kappa shape index (κ2) is 9.76. The van der Waals surface area contributed by atoms with Gasteiger partial charge in [-0.25, -0.2) is 9.18 Å². The lowest BCUT2D eigenvalue weighted by Gasteiger charge is -2.23. The quantitative estimate of drug-likeness (QED) is 0.696. The molecule has 0 bridgehead atoms. The Morgan fingerprint density at radius 3 is 2.36 bits per heavy atom. The molecule has 25 heavy (non-hydrogen) atoms. The standard InChI is InChI=1S/C18H25FN2O4/c1-11(2)8-16(18(24)25-4)21-17(23)15(20-12(3)22)10-13-6-5-7-14(19)9-13/h5-7,9,11,15-16H,8,10H2,1-4H3,(H,20,22)(H,21,23)/t15-,16-/m1/s1. The van der Waals surface area contributed by atoms with E-state index in [1.165, 1.54) is 32.2 Å². The smallest absolute Gasteiger partial charge is 0.328 e. The van der Waals surface area contributed by atoms with Crippen molar-refractivity contribution in [2.24, 2.45) is 5.92 Å². The van der Waals surface area contributed by atoms with Crippen LogP contribution in [0.25, 0.3) is 0 Å². The molecule has 0 aliphatic heterocycles. The van der Waals surface area contributed by atoms with E-state index in [9.17, 15) is 18.8 Å². The van der Waals surface area contributed by atoms with Crippen molar-refractivity contribution in [3.8, 4) is 0 Å². The molecule has 7 heteroatoms. The van der Waals surface area contributed by atoms with Crippen molar-refractivity contribution >= 4 is 17.8 Å². The van der Waals surface area contributed by atoms with Crippen molar-refractivity contribution in [3.05, 3.63) is 35.6 Å². The fourth-order valence-electron chi connectivity index (χ4n) is 2.45. The van der Waals surface area contributed by atoms with E-state index in [1.807, 2.05) is 13.8 Å². The number of hydrogen-bond donors (Lipinski definition) is 2. The molecule has 1 aromatic carbocycles. The molecule has 0 saturated heterocycles. The monoisotopic (exact) mass is 352 g/mol. The van der Waals surface area contributed by atoms with E-state index in [-0.39, 0.29) is 12.3 Å². The number of methoxy groups -OCH3 is 1. The lowest BCUT2D eigenvalue weighted by Crippen LogP contribution is -2.52. The molecule has 2 amide bonds. The maximum absolute atomic E-state index is 13.3. The van der Waals surface area contributed by atoms with Crippen LogP contribution in [0.3, 0.4) is 0 Å². The Balaban J connectivity index is 2.90. The third-order valence-electron chi connectivity index (χ3n) is 3.53. The van der Waals surface area contributed by atoms with E-state index >= 15 is 0 Å². The van der Waals surface area contributed by atoms with Crippen molar-refractivity contribution in [2.75, 3.05) is 7.11 Å². The molecule has 0 saturated carbocycles. The molecule has 0 spiro atoms. The summed E-state index contributed by atoms with van der Waals surface area (Å²) in [7, 11) is 1.25.